The lowest BCUT2D eigenvalue weighted by Crippen LogP contribution is -2.05. The summed E-state index contributed by atoms with van der Waals surface area (Å²) in [5.41, 5.74) is 4.31. The van der Waals surface area contributed by atoms with Crippen LogP contribution in [0.2, 0.25) is 0 Å². The molecule has 0 aliphatic rings. The first-order valence-corrected chi connectivity index (χ1v) is 9.28. The van der Waals surface area contributed by atoms with Crippen molar-refractivity contribution in [3.63, 3.8) is 0 Å². The smallest absolute Gasteiger partial charge is 0.138 e. The van der Waals surface area contributed by atoms with Crippen LogP contribution < -0.4 is 0 Å². The van der Waals surface area contributed by atoms with Crippen molar-refractivity contribution in [2.24, 2.45) is 0 Å². The normalized spacial score (nSPS) is 11.4. The minimum Gasteiger partial charge on any atom is -0.302 e. The van der Waals surface area contributed by atoms with E-state index in [0.717, 1.165) is 16.9 Å². The van der Waals surface area contributed by atoms with E-state index in [1.54, 1.807) is 30.5 Å². The molecule has 0 aliphatic carbocycles. The number of hydrogen-bond acceptors (Lipinski definition) is 4. The zero-order valence-electron chi connectivity index (χ0n) is 15.2. The monoisotopic (exact) mass is 395 g/mol. The molecule has 0 amide bonds. The molecule has 0 N–H and O–H groups in total. The van der Waals surface area contributed by atoms with Gasteiger partial charge in [-0.25, -0.2) is 4.98 Å². The third-order valence-corrected chi connectivity index (χ3v) is 4.91. The molecule has 0 saturated carbocycles. The third-order valence-electron chi connectivity index (χ3n) is 4.49. The van der Waals surface area contributed by atoms with Crippen LogP contribution in [-0.2, 0) is 0 Å². The molecule has 2 aromatic carbocycles. The van der Waals surface area contributed by atoms with Gasteiger partial charge in [0.1, 0.15) is 11.2 Å². The van der Waals surface area contributed by atoms with Crippen LogP contribution in [0.15, 0.2) is 79.1 Å². The molecule has 0 fully saturated rings. The fourth-order valence-electron chi connectivity index (χ4n) is 2.99. The van der Waals surface area contributed by atoms with E-state index in [9.17, 15) is 0 Å². The maximum atomic E-state index is 9.06. The fraction of sp³-hybridized carbons (Fsp3) is 0.0435. The first kappa shape index (κ1) is 18.4. The van der Waals surface area contributed by atoms with Gasteiger partial charge in [0.25, 0.3) is 0 Å². The molecule has 6 heteroatoms. The molecule has 138 valence electrons. The van der Waals surface area contributed by atoms with E-state index in [1.807, 2.05) is 53.2 Å². The van der Waals surface area contributed by atoms with Gasteiger partial charge in [-0.05, 0) is 48.5 Å². The molecule has 4 aromatic rings. The lowest BCUT2D eigenvalue weighted by atomic mass is 10.1. The predicted octanol–water partition coefficient (Wildman–Crippen LogP) is 5.01. The average molecular weight is 396 g/mol. The van der Waals surface area contributed by atoms with E-state index in [1.165, 1.54) is 0 Å². The van der Waals surface area contributed by atoms with Crippen molar-refractivity contribution in [1.29, 1.82) is 10.5 Å². The summed E-state index contributed by atoms with van der Waals surface area (Å²) in [5.74, 6) is 0.620. The van der Waals surface area contributed by atoms with Crippen molar-refractivity contribution in [2.45, 2.75) is 5.38 Å². The van der Waals surface area contributed by atoms with E-state index >= 15 is 0 Å². The fourth-order valence-corrected chi connectivity index (χ4v) is 3.27. The predicted molar refractivity (Wildman–Crippen MR) is 110 cm³/mol. The summed E-state index contributed by atoms with van der Waals surface area (Å²) in [4.78, 5) is 9.13. The van der Waals surface area contributed by atoms with Gasteiger partial charge in [0, 0.05) is 23.6 Å². The summed E-state index contributed by atoms with van der Waals surface area (Å²) in [6.45, 7) is 0. The Morgan fingerprint density at radius 3 is 2.10 bits per heavy atom. The lowest BCUT2D eigenvalue weighted by Gasteiger charge is -2.12. The average Bonchev–Trinajstić information content (AvgIpc) is 3.24. The summed E-state index contributed by atoms with van der Waals surface area (Å²) < 4.78 is 1.90. The highest BCUT2D eigenvalue weighted by Gasteiger charge is 2.21. The Kier molecular flexibility index (Phi) is 5.07. The number of hydrogen-bond donors (Lipinski definition) is 0. The lowest BCUT2D eigenvalue weighted by molar-refractivity contribution is 0.870. The Hall–Kier alpha value is -3.93. The Morgan fingerprint density at radius 1 is 0.862 bits per heavy atom. The van der Waals surface area contributed by atoms with E-state index in [2.05, 4.69) is 17.1 Å². The zero-order chi connectivity index (χ0) is 20.2. The minimum absolute atomic E-state index is 0.557. The first-order chi connectivity index (χ1) is 14.2. The SMILES string of the molecule is N#Cc1ccc(-c2cn(-c3ccc(C#N)cc3)c(C(Cl)c3ccccn3)n2)cc1. The second-order valence-electron chi connectivity index (χ2n) is 6.32. The quantitative estimate of drug-likeness (QED) is 0.455. The maximum Gasteiger partial charge on any atom is 0.138 e. The molecule has 0 radical (unpaired) electrons. The Morgan fingerprint density at radius 2 is 1.52 bits per heavy atom. The number of benzene rings is 2. The molecule has 1 atom stereocenters. The molecule has 0 saturated heterocycles. The van der Waals surface area contributed by atoms with Crippen LogP contribution in [0, 0.1) is 22.7 Å². The number of imidazole rings is 1. The van der Waals surface area contributed by atoms with Gasteiger partial charge in [-0.15, -0.1) is 11.6 Å². The van der Waals surface area contributed by atoms with Gasteiger partial charge in [-0.3, -0.25) is 4.98 Å². The second kappa shape index (κ2) is 7.98. The van der Waals surface area contributed by atoms with Crippen molar-refractivity contribution >= 4 is 11.6 Å². The van der Waals surface area contributed by atoms with Crippen molar-refractivity contribution in [2.75, 3.05) is 0 Å². The van der Waals surface area contributed by atoms with Gasteiger partial charge in [0.05, 0.1) is 34.7 Å². The van der Waals surface area contributed by atoms with Gasteiger partial charge in [-0.1, -0.05) is 18.2 Å². The maximum absolute atomic E-state index is 9.06. The van der Waals surface area contributed by atoms with Gasteiger partial charge in [0.2, 0.25) is 0 Å². The van der Waals surface area contributed by atoms with E-state index < -0.39 is 5.38 Å². The summed E-state index contributed by atoms with van der Waals surface area (Å²) in [7, 11) is 0. The van der Waals surface area contributed by atoms with Crippen molar-refractivity contribution < 1.29 is 0 Å². The van der Waals surface area contributed by atoms with E-state index in [0.29, 0.717) is 22.6 Å². The molecule has 0 aliphatic heterocycles. The summed E-state index contributed by atoms with van der Waals surface area (Å²) in [6, 6.07) is 24.3. The van der Waals surface area contributed by atoms with Crippen LogP contribution >= 0.6 is 11.6 Å². The van der Waals surface area contributed by atoms with Crippen LogP contribution in [0.1, 0.15) is 28.0 Å². The Labute approximate surface area is 173 Å². The van der Waals surface area contributed by atoms with Crippen molar-refractivity contribution in [3.8, 4) is 29.1 Å². The topological polar surface area (TPSA) is 78.3 Å². The van der Waals surface area contributed by atoms with Crippen LogP contribution in [0.5, 0.6) is 0 Å². The molecule has 2 aromatic heterocycles. The van der Waals surface area contributed by atoms with Gasteiger partial charge >= 0.3 is 0 Å². The molecular weight excluding hydrogens is 382 g/mol. The number of pyridine rings is 1. The number of aromatic nitrogens is 3. The number of nitrogens with zero attached hydrogens (tertiary/aromatic N) is 5. The van der Waals surface area contributed by atoms with Crippen molar-refractivity contribution in [1.82, 2.24) is 14.5 Å². The molecule has 0 bridgehead atoms. The highest BCUT2D eigenvalue weighted by molar-refractivity contribution is 6.22. The summed E-state index contributed by atoms with van der Waals surface area (Å²) >= 11 is 6.75. The molecule has 5 nitrogen and oxygen atoms in total. The minimum atomic E-state index is -0.557. The Bertz CT molecular complexity index is 1210. The van der Waals surface area contributed by atoms with Crippen LogP contribution in [-0.4, -0.2) is 14.5 Å². The highest BCUT2D eigenvalue weighted by atomic mass is 35.5. The van der Waals surface area contributed by atoms with E-state index in [-0.39, 0.29) is 0 Å². The molecule has 2 heterocycles. The summed E-state index contributed by atoms with van der Waals surface area (Å²) in [6.07, 6.45) is 3.59. The Balaban J connectivity index is 1.83. The second-order valence-corrected chi connectivity index (χ2v) is 6.76. The molecule has 29 heavy (non-hydrogen) atoms. The third kappa shape index (κ3) is 3.73. The zero-order valence-corrected chi connectivity index (χ0v) is 16.0. The largest absolute Gasteiger partial charge is 0.302 e. The van der Waals surface area contributed by atoms with Crippen LogP contribution in [0.25, 0.3) is 16.9 Å². The number of nitriles is 2. The molecule has 0 spiro atoms. The van der Waals surface area contributed by atoms with Gasteiger partial charge in [-0.2, -0.15) is 10.5 Å². The summed E-state index contributed by atoms with van der Waals surface area (Å²) in [5, 5.41) is 17.5. The van der Waals surface area contributed by atoms with Crippen LogP contribution in [0.3, 0.4) is 0 Å². The van der Waals surface area contributed by atoms with Crippen molar-refractivity contribution in [3.05, 3.63) is 102 Å². The number of halogens is 1. The van der Waals surface area contributed by atoms with Gasteiger partial charge in [0.15, 0.2) is 0 Å². The van der Waals surface area contributed by atoms with Crippen LogP contribution in [0.4, 0.5) is 0 Å². The van der Waals surface area contributed by atoms with E-state index in [4.69, 9.17) is 27.1 Å². The number of rotatable bonds is 4. The molecular formula is C23H14ClN5. The molecule has 1 unspecified atom stereocenters. The highest BCUT2D eigenvalue weighted by Crippen LogP contribution is 2.31. The molecule has 4 rings (SSSR count). The van der Waals surface area contributed by atoms with Gasteiger partial charge < -0.3 is 4.57 Å². The standard InChI is InChI=1S/C23H14ClN5/c24-22(20-3-1-2-12-27-20)23-28-21(18-8-4-16(13-25)5-9-18)15-29(23)19-10-6-17(14-26)7-11-19/h1-12,15,22H. The first-order valence-electron chi connectivity index (χ1n) is 8.85. The number of alkyl halides is 1.